The molecule has 10 nitrogen and oxygen atoms in total. The quantitative estimate of drug-likeness (QED) is 0.187. The number of alkyl carbamates (subject to hydrolysis) is 1. The highest BCUT2D eigenvalue weighted by atomic mass is 32.1. The summed E-state index contributed by atoms with van der Waals surface area (Å²) in [6.45, 7) is 8.51. The van der Waals surface area contributed by atoms with Crippen LogP contribution in [-0.4, -0.2) is 71.5 Å². The number of hydrogen-bond donors (Lipinski definition) is 4. The first-order chi connectivity index (χ1) is 16.9. The molecular formula is C25H39N3O7S. The van der Waals surface area contributed by atoms with Crippen LogP contribution in [0, 0.1) is 6.92 Å². The van der Waals surface area contributed by atoms with Crippen LogP contribution in [0.15, 0.2) is 18.2 Å². The van der Waals surface area contributed by atoms with E-state index in [4.69, 9.17) is 4.74 Å². The van der Waals surface area contributed by atoms with Crippen LogP contribution in [0.2, 0.25) is 0 Å². The van der Waals surface area contributed by atoms with Crippen LogP contribution in [0.25, 0.3) is 0 Å². The van der Waals surface area contributed by atoms with Crippen LogP contribution in [0.4, 0.5) is 4.79 Å². The molecule has 0 saturated carbocycles. The number of esters is 1. The molecule has 11 heteroatoms. The van der Waals surface area contributed by atoms with Crippen LogP contribution in [0.3, 0.4) is 0 Å². The molecule has 0 aromatic heterocycles. The van der Waals surface area contributed by atoms with Gasteiger partial charge in [-0.05, 0) is 39.7 Å². The molecule has 0 radical (unpaired) electrons. The van der Waals surface area contributed by atoms with E-state index in [0.717, 1.165) is 12.8 Å². The smallest absolute Gasteiger partial charge is 0.408 e. The minimum atomic E-state index is -1.28. The summed E-state index contributed by atoms with van der Waals surface area (Å²) in [5.41, 5.74) is -0.0760. The summed E-state index contributed by atoms with van der Waals surface area (Å²) in [5.74, 6) is -2.13. The lowest BCUT2D eigenvalue weighted by molar-refractivity contribution is -0.144. The Morgan fingerprint density at radius 3 is 2.39 bits per heavy atom. The molecule has 1 rings (SSSR count). The van der Waals surface area contributed by atoms with Crippen molar-refractivity contribution in [3.63, 3.8) is 0 Å². The van der Waals surface area contributed by atoms with Gasteiger partial charge in [0.1, 0.15) is 30.0 Å². The van der Waals surface area contributed by atoms with Crippen molar-refractivity contribution >= 4 is 36.5 Å². The van der Waals surface area contributed by atoms with Gasteiger partial charge in [-0.2, -0.15) is 12.6 Å². The second-order valence-corrected chi connectivity index (χ2v) is 9.69. The summed E-state index contributed by atoms with van der Waals surface area (Å²) in [4.78, 5) is 52.5. The fourth-order valence-electron chi connectivity index (χ4n) is 3.42. The topological polar surface area (TPSA) is 134 Å². The Hall–Kier alpha value is -2.95. The minimum Gasteiger partial charge on any atom is -0.507 e. The number of amides is 3. The molecule has 3 N–H and O–H groups in total. The number of carbonyl (C=O) groups is 4. The molecule has 3 amide bonds. The summed E-state index contributed by atoms with van der Waals surface area (Å²) in [5, 5.41) is 15.8. The molecule has 202 valence electrons. The average molecular weight is 526 g/mol. The Morgan fingerprint density at radius 1 is 1.17 bits per heavy atom. The Bertz CT molecular complexity index is 917. The van der Waals surface area contributed by atoms with Gasteiger partial charge in [-0.15, -0.1) is 0 Å². The number of ether oxygens (including phenoxy) is 2. The van der Waals surface area contributed by atoms with Crippen molar-refractivity contribution in [1.82, 2.24) is 15.5 Å². The van der Waals surface area contributed by atoms with Gasteiger partial charge in [-0.1, -0.05) is 38.0 Å². The predicted octanol–water partition coefficient (Wildman–Crippen LogP) is 2.87. The highest BCUT2D eigenvalue weighted by Gasteiger charge is 2.37. The lowest BCUT2D eigenvalue weighted by atomic mass is 9.99. The number of nitrogens with zero attached hydrogens (tertiary/aromatic N) is 1. The number of para-hydroxylation sites is 1. The number of hydrogen-bond acceptors (Lipinski definition) is 8. The monoisotopic (exact) mass is 525 g/mol. The number of aryl methyl sites for hydroxylation is 1. The largest absolute Gasteiger partial charge is 0.507 e. The summed E-state index contributed by atoms with van der Waals surface area (Å²) in [6.07, 6.45) is 1.42. The normalized spacial score (nSPS) is 12.8. The predicted molar refractivity (Wildman–Crippen MR) is 139 cm³/mol. The average Bonchev–Trinajstić information content (AvgIpc) is 2.81. The lowest BCUT2D eigenvalue weighted by Crippen LogP contribution is -2.54. The second-order valence-electron chi connectivity index (χ2n) is 9.33. The van der Waals surface area contributed by atoms with E-state index in [2.05, 4.69) is 28.0 Å². The number of thiol groups is 1. The molecule has 2 unspecified atom stereocenters. The van der Waals surface area contributed by atoms with Crippen molar-refractivity contribution < 1.29 is 33.8 Å². The Balaban J connectivity index is 3.46. The number of carbonyl (C=O) groups excluding carboxylic acids is 4. The zero-order chi connectivity index (χ0) is 27.5. The van der Waals surface area contributed by atoms with E-state index in [1.165, 1.54) is 12.0 Å². The molecule has 0 heterocycles. The number of unbranched alkanes of at least 4 members (excludes halogenated alkanes) is 2. The van der Waals surface area contributed by atoms with E-state index >= 15 is 0 Å². The van der Waals surface area contributed by atoms with Gasteiger partial charge < -0.3 is 30.1 Å². The second kappa shape index (κ2) is 14.6. The summed E-state index contributed by atoms with van der Waals surface area (Å²) < 4.78 is 9.88. The molecule has 1 aromatic carbocycles. The summed E-state index contributed by atoms with van der Waals surface area (Å²) >= 11 is 4.24. The number of benzene rings is 1. The highest BCUT2D eigenvalue weighted by molar-refractivity contribution is 7.80. The zero-order valence-electron chi connectivity index (χ0n) is 21.9. The van der Waals surface area contributed by atoms with Gasteiger partial charge in [0.05, 0.1) is 7.11 Å². The maximum Gasteiger partial charge on any atom is 0.408 e. The number of rotatable bonds is 12. The first-order valence-corrected chi connectivity index (χ1v) is 12.5. The third-order valence-corrected chi connectivity index (χ3v) is 5.58. The number of phenols is 1. The van der Waals surface area contributed by atoms with Crippen LogP contribution in [0.5, 0.6) is 5.75 Å². The van der Waals surface area contributed by atoms with Crippen LogP contribution in [-0.2, 0) is 23.9 Å². The minimum absolute atomic E-state index is 0.0569. The third-order valence-electron chi connectivity index (χ3n) is 5.22. The van der Waals surface area contributed by atoms with Crippen molar-refractivity contribution in [3.8, 4) is 5.75 Å². The maximum absolute atomic E-state index is 13.7. The van der Waals surface area contributed by atoms with Gasteiger partial charge in [-0.25, -0.2) is 4.79 Å². The molecule has 0 aliphatic rings. The zero-order valence-corrected chi connectivity index (χ0v) is 22.8. The van der Waals surface area contributed by atoms with E-state index in [9.17, 15) is 24.3 Å². The molecule has 0 fully saturated rings. The third kappa shape index (κ3) is 9.60. The fraction of sp³-hybridized carbons (Fsp3) is 0.600. The molecule has 0 aliphatic heterocycles. The van der Waals surface area contributed by atoms with Gasteiger partial charge in [0.2, 0.25) is 11.8 Å². The number of nitrogens with one attached hydrogen (secondary N) is 2. The SMILES string of the molecule is CCCCCN(C(=O)C(CS)NC(=O)OC(C)(C)C)C(C(=O)NCC(=O)OC)c1cccc(C)c1O. The van der Waals surface area contributed by atoms with Gasteiger partial charge in [-0.3, -0.25) is 14.4 Å². The van der Waals surface area contributed by atoms with Crippen molar-refractivity contribution in [1.29, 1.82) is 0 Å². The van der Waals surface area contributed by atoms with Crippen LogP contribution >= 0.6 is 12.6 Å². The Morgan fingerprint density at radius 2 is 1.83 bits per heavy atom. The van der Waals surface area contributed by atoms with E-state index in [-0.39, 0.29) is 23.6 Å². The van der Waals surface area contributed by atoms with Crippen molar-refractivity contribution in [3.05, 3.63) is 29.3 Å². The lowest BCUT2D eigenvalue weighted by Gasteiger charge is -2.34. The first-order valence-electron chi connectivity index (χ1n) is 11.9. The molecule has 36 heavy (non-hydrogen) atoms. The Kier molecular flexibility index (Phi) is 12.6. The van der Waals surface area contributed by atoms with E-state index in [1.54, 1.807) is 45.9 Å². The number of phenolic OH excluding ortho intramolecular Hbond substituents is 1. The van der Waals surface area contributed by atoms with Crippen LogP contribution < -0.4 is 10.6 Å². The molecule has 0 bridgehead atoms. The van der Waals surface area contributed by atoms with E-state index in [1.807, 2.05) is 6.92 Å². The molecular weight excluding hydrogens is 486 g/mol. The van der Waals surface area contributed by atoms with Crippen molar-refractivity contribution in [2.24, 2.45) is 0 Å². The number of methoxy groups -OCH3 is 1. The van der Waals surface area contributed by atoms with Crippen molar-refractivity contribution in [2.75, 3.05) is 26.0 Å². The van der Waals surface area contributed by atoms with Gasteiger partial charge in [0.15, 0.2) is 0 Å². The van der Waals surface area contributed by atoms with E-state index < -0.39 is 48.1 Å². The van der Waals surface area contributed by atoms with Gasteiger partial charge in [0, 0.05) is 17.9 Å². The van der Waals surface area contributed by atoms with Gasteiger partial charge in [0.25, 0.3) is 0 Å². The van der Waals surface area contributed by atoms with Crippen molar-refractivity contribution in [2.45, 2.75) is 71.6 Å². The molecule has 0 spiro atoms. The van der Waals surface area contributed by atoms with Gasteiger partial charge >= 0.3 is 12.1 Å². The Labute approximate surface area is 218 Å². The standard InChI is InChI=1S/C25H39N3O7S/c1-7-8-9-13-28(23(32)18(15-36)27-24(33)35-25(3,4)5)20(22(31)26-14-19(29)34-6)17-12-10-11-16(2)21(17)30/h10-12,18,20,30,36H,7-9,13-15H2,1-6H3,(H,26,31)(H,27,33). The summed E-state index contributed by atoms with van der Waals surface area (Å²) in [6, 6.07) is 2.50. The maximum atomic E-state index is 13.7. The summed E-state index contributed by atoms with van der Waals surface area (Å²) in [7, 11) is 1.19. The molecule has 0 aliphatic carbocycles. The fourth-order valence-corrected chi connectivity index (χ4v) is 3.66. The molecule has 0 saturated heterocycles. The van der Waals surface area contributed by atoms with E-state index in [0.29, 0.717) is 12.0 Å². The molecule has 2 atom stereocenters. The number of aromatic hydroxyl groups is 1. The molecule has 1 aromatic rings. The highest BCUT2D eigenvalue weighted by Crippen LogP contribution is 2.32. The van der Waals surface area contributed by atoms with Crippen LogP contribution in [0.1, 0.15) is 64.1 Å². The first kappa shape index (κ1) is 31.1.